The molecule has 1 amide bonds. The highest BCUT2D eigenvalue weighted by Crippen LogP contribution is 2.20. The number of aryl methyl sites for hydroxylation is 1. The molecule has 1 aliphatic heterocycles. The highest BCUT2D eigenvalue weighted by Gasteiger charge is 2.24. The average Bonchev–Trinajstić information content (AvgIpc) is 2.48. The first-order valence-electron chi connectivity index (χ1n) is 7.02. The van der Waals surface area contributed by atoms with Gasteiger partial charge in [0.2, 0.25) is 0 Å². The van der Waals surface area contributed by atoms with Crippen molar-refractivity contribution in [3.05, 3.63) is 29.3 Å². The third-order valence-electron chi connectivity index (χ3n) is 3.64. The van der Waals surface area contributed by atoms with Gasteiger partial charge in [-0.1, -0.05) is 0 Å². The normalized spacial score (nSPS) is 16.4. The lowest BCUT2D eigenvalue weighted by Crippen LogP contribution is -2.41. The fourth-order valence-corrected chi connectivity index (χ4v) is 2.43. The molecule has 5 nitrogen and oxygen atoms in total. The number of ether oxygens (including phenoxy) is 1. The van der Waals surface area contributed by atoms with E-state index in [1.54, 1.807) is 25.1 Å². The molecular weight excluding hydrogens is 256 g/mol. The number of phenolic OH excluding ortho intramolecular Hbond substituents is 1. The van der Waals surface area contributed by atoms with Crippen molar-refractivity contribution >= 4 is 5.91 Å². The van der Waals surface area contributed by atoms with Gasteiger partial charge in [0.1, 0.15) is 5.75 Å². The molecule has 0 unspecified atom stereocenters. The number of nitrogens with zero attached hydrogens (tertiary/aromatic N) is 1. The second kappa shape index (κ2) is 6.72. The lowest BCUT2D eigenvalue weighted by molar-refractivity contribution is 0.0122. The van der Waals surface area contributed by atoms with E-state index >= 15 is 0 Å². The zero-order valence-corrected chi connectivity index (χ0v) is 11.8. The van der Waals surface area contributed by atoms with Gasteiger partial charge in [0.15, 0.2) is 0 Å². The summed E-state index contributed by atoms with van der Waals surface area (Å²) < 4.78 is 5.60. The number of nitrogens with two attached hydrogens (primary N) is 1. The Morgan fingerprint density at radius 3 is 2.75 bits per heavy atom. The largest absolute Gasteiger partial charge is 0.508 e. The van der Waals surface area contributed by atoms with E-state index in [2.05, 4.69) is 0 Å². The van der Waals surface area contributed by atoms with E-state index in [9.17, 15) is 9.90 Å². The molecule has 2 rings (SSSR count). The van der Waals surface area contributed by atoms with Crippen LogP contribution in [0.1, 0.15) is 28.8 Å². The number of piperidine rings is 1. The van der Waals surface area contributed by atoms with Gasteiger partial charge in [0.25, 0.3) is 5.91 Å². The lowest BCUT2D eigenvalue weighted by atomic mass is 10.0. The Kier molecular flexibility index (Phi) is 4.98. The molecule has 1 aromatic rings. The average molecular weight is 278 g/mol. The molecule has 20 heavy (non-hydrogen) atoms. The van der Waals surface area contributed by atoms with Gasteiger partial charge in [-0.25, -0.2) is 0 Å². The minimum absolute atomic E-state index is 0.0189. The van der Waals surface area contributed by atoms with E-state index in [0.29, 0.717) is 31.8 Å². The maximum Gasteiger partial charge on any atom is 0.253 e. The van der Waals surface area contributed by atoms with Crippen molar-refractivity contribution in [2.75, 3.05) is 26.2 Å². The summed E-state index contributed by atoms with van der Waals surface area (Å²) >= 11 is 0. The SMILES string of the molecule is Cc1cc(C(=O)N2CCC(OCCN)CC2)ccc1O. The molecule has 0 bridgehead atoms. The molecule has 0 atom stereocenters. The molecule has 0 radical (unpaired) electrons. The lowest BCUT2D eigenvalue weighted by Gasteiger charge is -2.32. The van der Waals surface area contributed by atoms with Crippen molar-refractivity contribution in [3.63, 3.8) is 0 Å². The highest BCUT2D eigenvalue weighted by atomic mass is 16.5. The predicted octanol–water partition coefficient (Wildman–Crippen LogP) is 1.28. The van der Waals surface area contributed by atoms with Crippen LogP contribution >= 0.6 is 0 Å². The molecule has 0 spiro atoms. The molecule has 1 aromatic carbocycles. The summed E-state index contributed by atoms with van der Waals surface area (Å²) in [4.78, 5) is 14.2. The monoisotopic (exact) mass is 278 g/mol. The van der Waals surface area contributed by atoms with E-state index in [4.69, 9.17) is 10.5 Å². The van der Waals surface area contributed by atoms with Crippen LogP contribution in [0.25, 0.3) is 0 Å². The number of likely N-dealkylation sites (tertiary alicyclic amines) is 1. The van der Waals surface area contributed by atoms with Gasteiger partial charge in [-0.3, -0.25) is 4.79 Å². The Labute approximate surface area is 119 Å². The molecular formula is C15H22N2O3. The summed E-state index contributed by atoms with van der Waals surface area (Å²) in [5.74, 6) is 0.237. The Hall–Kier alpha value is -1.59. The first-order valence-corrected chi connectivity index (χ1v) is 7.02. The number of hydrogen-bond acceptors (Lipinski definition) is 4. The van der Waals surface area contributed by atoms with Crippen LogP contribution in [-0.4, -0.2) is 48.3 Å². The second-order valence-electron chi connectivity index (χ2n) is 5.15. The quantitative estimate of drug-likeness (QED) is 0.870. The van der Waals surface area contributed by atoms with Crippen LogP contribution < -0.4 is 5.73 Å². The van der Waals surface area contributed by atoms with Crippen LogP contribution in [0.2, 0.25) is 0 Å². The maximum atomic E-state index is 12.4. The molecule has 1 aliphatic rings. The van der Waals surface area contributed by atoms with Crippen LogP contribution in [0, 0.1) is 6.92 Å². The molecule has 5 heteroatoms. The molecule has 110 valence electrons. The van der Waals surface area contributed by atoms with Crippen molar-refractivity contribution in [1.29, 1.82) is 0 Å². The predicted molar refractivity (Wildman–Crippen MR) is 76.8 cm³/mol. The summed E-state index contributed by atoms with van der Waals surface area (Å²) in [7, 11) is 0. The number of hydrogen-bond donors (Lipinski definition) is 2. The summed E-state index contributed by atoms with van der Waals surface area (Å²) in [5.41, 5.74) is 6.76. The third-order valence-corrected chi connectivity index (χ3v) is 3.64. The van der Waals surface area contributed by atoms with Crippen molar-refractivity contribution in [1.82, 2.24) is 4.90 Å². The number of aromatic hydroxyl groups is 1. The first kappa shape index (κ1) is 14.8. The fraction of sp³-hybridized carbons (Fsp3) is 0.533. The van der Waals surface area contributed by atoms with Gasteiger partial charge >= 0.3 is 0 Å². The number of rotatable bonds is 4. The fourth-order valence-electron chi connectivity index (χ4n) is 2.43. The maximum absolute atomic E-state index is 12.4. The van der Waals surface area contributed by atoms with Gasteiger partial charge in [-0.2, -0.15) is 0 Å². The Bertz CT molecular complexity index is 468. The molecule has 1 heterocycles. The van der Waals surface area contributed by atoms with E-state index in [1.807, 2.05) is 4.90 Å². The van der Waals surface area contributed by atoms with Gasteiger partial charge in [-0.05, 0) is 43.5 Å². The minimum Gasteiger partial charge on any atom is -0.508 e. The second-order valence-corrected chi connectivity index (χ2v) is 5.15. The molecule has 0 aromatic heterocycles. The number of phenols is 1. The van der Waals surface area contributed by atoms with Crippen LogP contribution in [0.4, 0.5) is 0 Å². The van der Waals surface area contributed by atoms with E-state index in [0.717, 1.165) is 18.4 Å². The molecule has 1 saturated heterocycles. The zero-order valence-electron chi connectivity index (χ0n) is 11.8. The summed E-state index contributed by atoms with van der Waals surface area (Å²) in [6.45, 7) is 4.31. The number of amides is 1. The van der Waals surface area contributed by atoms with E-state index in [1.165, 1.54) is 0 Å². The number of carbonyl (C=O) groups is 1. The summed E-state index contributed by atoms with van der Waals surface area (Å²) in [6.07, 6.45) is 1.91. The van der Waals surface area contributed by atoms with Crippen LogP contribution in [0.3, 0.4) is 0 Å². The standard InChI is InChI=1S/C15H22N2O3/c1-11-10-12(2-3-14(11)18)15(19)17-7-4-13(5-8-17)20-9-6-16/h2-3,10,13,18H,4-9,16H2,1H3. The van der Waals surface area contributed by atoms with Crippen LogP contribution in [-0.2, 0) is 4.74 Å². The number of benzene rings is 1. The van der Waals surface area contributed by atoms with Crippen molar-refractivity contribution in [3.8, 4) is 5.75 Å². The van der Waals surface area contributed by atoms with Gasteiger partial charge in [0.05, 0.1) is 12.7 Å². The molecule has 1 fully saturated rings. The Morgan fingerprint density at radius 2 is 2.15 bits per heavy atom. The Morgan fingerprint density at radius 1 is 1.45 bits per heavy atom. The molecule has 0 aliphatic carbocycles. The van der Waals surface area contributed by atoms with Crippen LogP contribution in [0.15, 0.2) is 18.2 Å². The third kappa shape index (κ3) is 3.49. The van der Waals surface area contributed by atoms with Gasteiger partial charge in [-0.15, -0.1) is 0 Å². The van der Waals surface area contributed by atoms with E-state index < -0.39 is 0 Å². The van der Waals surface area contributed by atoms with Gasteiger partial charge < -0.3 is 20.5 Å². The topological polar surface area (TPSA) is 75.8 Å². The van der Waals surface area contributed by atoms with Gasteiger partial charge in [0, 0.05) is 25.2 Å². The van der Waals surface area contributed by atoms with Crippen molar-refractivity contribution in [2.45, 2.75) is 25.9 Å². The molecule has 0 saturated carbocycles. The smallest absolute Gasteiger partial charge is 0.253 e. The van der Waals surface area contributed by atoms with Crippen molar-refractivity contribution < 1.29 is 14.6 Å². The highest BCUT2D eigenvalue weighted by molar-refractivity contribution is 5.94. The van der Waals surface area contributed by atoms with E-state index in [-0.39, 0.29) is 17.8 Å². The van der Waals surface area contributed by atoms with Crippen molar-refractivity contribution in [2.24, 2.45) is 5.73 Å². The number of carbonyl (C=O) groups excluding carboxylic acids is 1. The molecule has 3 N–H and O–H groups in total. The minimum atomic E-state index is 0.0189. The van der Waals surface area contributed by atoms with Crippen LogP contribution in [0.5, 0.6) is 5.75 Å². The zero-order chi connectivity index (χ0) is 14.5. The summed E-state index contributed by atoms with van der Waals surface area (Å²) in [5, 5.41) is 9.50. The summed E-state index contributed by atoms with van der Waals surface area (Å²) in [6, 6.07) is 4.97. The first-order chi connectivity index (χ1) is 9.61. The Balaban J connectivity index is 1.92.